The van der Waals surface area contributed by atoms with E-state index in [9.17, 15) is 9.59 Å². The van der Waals surface area contributed by atoms with E-state index in [4.69, 9.17) is 15.2 Å². The summed E-state index contributed by atoms with van der Waals surface area (Å²) in [4.78, 5) is 27.3. The average molecular weight is 362 g/mol. The number of nitrogens with zero attached hydrogens (tertiary/aromatic N) is 1. The van der Waals surface area contributed by atoms with Gasteiger partial charge in [0.15, 0.2) is 0 Å². The molecule has 1 aliphatic carbocycles. The molecule has 1 fully saturated rings. The maximum absolute atomic E-state index is 13.3. The molecule has 6 heteroatoms. The fraction of sp³-hybridized carbons (Fsp3) is 0.600. The molecule has 2 N–H and O–H groups in total. The Kier molecular flexibility index (Phi) is 7.03. The molecule has 0 radical (unpaired) electrons. The second kappa shape index (κ2) is 9.03. The van der Waals surface area contributed by atoms with E-state index in [0.29, 0.717) is 25.1 Å². The first-order valence-electron chi connectivity index (χ1n) is 9.12. The molecule has 1 aromatic carbocycles. The van der Waals surface area contributed by atoms with E-state index in [-0.39, 0.29) is 5.91 Å². The van der Waals surface area contributed by atoms with Gasteiger partial charge in [-0.15, -0.1) is 0 Å². The number of hydrogen-bond acceptors (Lipinski definition) is 5. The van der Waals surface area contributed by atoms with E-state index in [1.165, 1.54) is 7.11 Å². The van der Waals surface area contributed by atoms with Gasteiger partial charge >= 0.3 is 5.97 Å². The lowest BCUT2D eigenvalue weighted by Crippen LogP contribution is -2.50. The molecule has 2 rings (SSSR count). The van der Waals surface area contributed by atoms with E-state index in [2.05, 4.69) is 0 Å². The molecule has 0 saturated heterocycles. The normalized spacial score (nSPS) is 16.9. The van der Waals surface area contributed by atoms with E-state index >= 15 is 0 Å². The number of methoxy groups -OCH3 is 2. The quantitative estimate of drug-likeness (QED) is 0.567. The summed E-state index contributed by atoms with van der Waals surface area (Å²) in [7, 11) is 4.70. The third kappa shape index (κ3) is 4.55. The monoisotopic (exact) mass is 362 g/mol. The lowest BCUT2D eigenvalue weighted by molar-refractivity contribution is -0.156. The van der Waals surface area contributed by atoms with Crippen molar-refractivity contribution in [1.82, 2.24) is 4.90 Å². The second-order valence-electron chi connectivity index (χ2n) is 7.13. The van der Waals surface area contributed by atoms with Gasteiger partial charge in [-0.3, -0.25) is 4.79 Å². The van der Waals surface area contributed by atoms with Crippen molar-refractivity contribution in [3.63, 3.8) is 0 Å². The third-order valence-corrected chi connectivity index (χ3v) is 5.47. The minimum atomic E-state index is -0.656. The fourth-order valence-corrected chi connectivity index (χ4v) is 3.83. The van der Waals surface area contributed by atoms with E-state index < -0.39 is 17.4 Å². The maximum Gasteiger partial charge on any atom is 0.328 e. The topological polar surface area (TPSA) is 81.9 Å². The molecule has 1 amide bonds. The van der Waals surface area contributed by atoms with Crippen LogP contribution in [0.4, 0.5) is 5.69 Å². The number of likely N-dealkylation sites (N-methyl/N-ethyl adjacent to an activating group) is 1. The van der Waals surface area contributed by atoms with Crippen LogP contribution in [0.3, 0.4) is 0 Å². The molecule has 0 aliphatic heterocycles. The minimum Gasteiger partial charge on any atom is -0.467 e. The number of rotatable bonds is 8. The summed E-state index contributed by atoms with van der Waals surface area (Å²) in [6.07, 6.45) is 4.83. The standard InChI is InChI=1S/C20H30N2O4/c1-22(19(24)20(12-13-25-2)10-4-5-11-20)17(18(23)26-3)14-15-6-8-16(21)9-7-15/h6-9,17H,4-5,10-14,21H2,1-3H3. The van der Waals surface area contributed by atoms with Gasteiger partial charge in [-0.05, 0) is 37.0 Å². The number of anilines is 1. The van der Waals surface area contributed by atoms with E-state index in [0.717, 1.165) is 31.2 Å². The second-order valence-corrected chi connectivity index (χ2v) is 7.13. The molecule has 0 aromatic heterocycles. The van der Waals surface area contributed by atoms with Crippen molar-refractivity contribution in [1.29, 1.82) is 0 Å². The summed E-state index contributed by atoms with van der Waals surface area (Å²) in [5.41, 5.74) is 6.90. The Morgan fingerprint density at radius 3 is 2.35 bits per heavy atom. The highest BCUT2D eigenvalue weighted by atomic mass is 16.5. The van der Waals surface area contributed by atoms with Gasteiger partial charge < -0.3 is 20.1 Å². The molecular formula is C20H30N2O4. The summed E-state index contributed by atoms with van der Waals surface area (Å²) in [5.74, 6) is -0.393. The van der Waals surface area contributed by atoms with Crippen molar-refractivity contribution in [2.24, 2.45) is 5.41 Å². The molecule has 6 nitrogen and oxygen atoms in total. The lowest BCUT2D eigenvalue weighted by atomic mass is 9.81. The molecule has 0 spiro atoms. The molecule has 144 valence electrons. The molecular weight excluding hydrogens is 332 g/mol. The fourth-order valence-electron chi connectivity index (χ4n) is 3.83. The van der Waals surface area contributed by atoms with Crippen LogP contribution in [0.15, 0.2) is 24.3 Å². The summed E-state index contributed by atoms with van der Waals surface area (Å²) in [5, 5.41) is 0. The highest BCUT2D eigenvalue weighted by molar-refractivity contribution is 5.88. The average Bonchev–Trinajstić information content (AvgIpc) is 3.14. The van der Waals surface area contributed by atoms with Crippen LogP contribution in [0.2, 0.25) is 0 Å². The third-order valence-electron chi connectivity index (χ3n) is 5.47. The van der Waals surface area contributed by atoms with E-state index in [1.807, 2.05) is 12.1 Å². The molecule has 0 heterocycles. The predicted molar refractivity (Wildman–Crippen MR) is 101 cm³/mol. The van der Waals surface area contributed by atoms with Crippen LogP contribution in [-0.4, -0.2) is 50.7 Å². The Labute approximate surface area is 155 Å². The largest absolute Gasteiger partial charge is 0.467 e. The molecule has 1 aromatic rings. The van der Waals surface area contributed by atoms with Crippen molar-refractivity contribution in [3.05, 3.63) is 29.8 Å². The number of hydrogen-bond donors (Lipinski definition) is 1. The summed E-state index contributed by atoms with van der Waals surface area (Å²) >= 11 is 0. The maximum atomic E-state index is 13.3. The van der Waals surface area contributed by atoms with Crippen LogP contribution in [0, 0.1) is 5.41 Å². The molecule has 1 unspecified atom stereocenters. The highest BCUT2D eigenvalue weighted by Crippen LogP contribution is 2.43. The van der Waals surface area contributed by atoms with Gasteiger partial charge in [-0.1, -0.05) is 25.0 Å². The first-order valence-corrected chi connectivity index (χ1v) is 9.12. The number of carbonyl (C=O) groups is 2. The molecule has 1 aliphatic rings. The first kappa shape index (κ1) is 20.2. The van der Waals surface area contributed by atoms with Gasteiger partial charge in [0.25, 0.3) is 0 Å². The van der Waals surface area contributed by atoms with Gasteiger partial charge in [-0.2, -0.15) is 0 Å². The van der Waals surface area contributed by atoms with Crippen molar-refractivity contribution in [2.75, 3.05) is 33.6 Å². The van der Waals surface area contributed by atoms with Gasteiger partial charge in [0, 0.05) is 32.9 Å². The van der Waals surface area contributed by atoms with Crippen LogP contribution in [0.5, 0.6) is 0 Å². The molecule has 0 bridgehead atoms. The van der Waals surface area contributed by atoms with Crippen molar-refractivity contribution in [3.8, 4) is 0 Å². The number of carbonyl (C=O) groups excluding carboxylic acids is 2. The summed E-state index contributed by atoms with van der Waals surface area (Å²) in [6.45, 7) is 0.542. The number of benzene rings is 1. The Hall–Kier alpha value is -2.08. The zero-order chi connectivity index (χ0) is 19.2. The lowest BCUT2D eigenvalue weighted by Gasteiger charge is -2.35. The first-order chi connectivity index (χ1) is 12.4. The number of nitrogen functional groups attached to an aromatic ring is 1. The zero-order valence-electron chi connectivity index (χ0n) is 16.0. The zero-order valence-corrected chi connectivity index (χ0v) is 16.0. The van der Waals surface area contributed by atoms with Gasteiger partial charge in [0.05, 0.1) is 12.5 Å². The highest BCUT2D eigenvalue weighted by Gasteiger charge is 2.44. The smallest absolute Gasteiger partial charge is 0.328 e. The van der Waals surface area contributed by atoms with Crippen LogP contribution < -0.4 is 5.73 Å². The molecule has 1 atom stereocenters. The van der Waals surface area contributed by atoms with E-state index in [1.54, 1.807) is 31.2 Å². The van der Waals surface area contributed by atoms with Crippen molar-refractivity contribution >= 4 is 17.6 Å². The van der Waals surface area contributed by atoms with Gasteiger partial charge in [0.1, 0.15) is 6.04 Å². The molecule has 1 saturated carbocycles. The van der Waals surface area contributed by atoms with Crippen LogP contribution >= 0.6 is 0 Å². The Morgan fingerprint density at radius 2 is 1.81 bits per heavy atom. The van der Waals surface area contributed by atoms with Crippen molar-refractivity contribution < 1.29 is 19.1 Å². The van der Waals surface area contributed by atoms with Gasteiger partial charge in [-0.25, -0.2) is 4.79 Å². The summed E-state index contributed by atoms with van der Waals surface area (Å²) < 4.78 is 10.2. The number of esters is 1. The van der Waals surface area contributed by atoms with Gasteiger partial charge in [0.2, 0.25) is 5.91 Å². The van der Waals surface area contributed by atoms with Crippen LogP contribution in [0.1, 0.15) is 37.7 Å². The van der Waals surface area contributed by atoms with Crippen molar-refractivity contribution in [2.45, 2.75) is 44.6 Å². The SMILES string of the molecule is COCCC1(C(=O)N(C)C(Cc2ccc(N)cc2)C(=O)OC)CCCC1. The number of nitrogens with two attached hydrogens (primary N) is 1. The predicted octanol–water partition coefficient (Wildman–Crippen LogP) is 2.41. The minimum absolute atomic E-state index is 0.0119. The Morgan fingerprint density at radius 1 is 1.19 bits per heavy atom. The van der Waals surface area contributed by atoms with Crippen LogP contribution in [-0.2, 0) is 25.5 Å². The number of ether oxygens (including phenoxy) is 2. The van der Waals surface area contributed by atoms with Crippen LogP contribution in [0.25, 0.3) is 0 Å². The Bertz CT molecular complexity index is 609. The number of amides is 1. The Balaban J connectivity index is 2.21. The molecule has 26 heavy (non-hydrogen) atoms. The summed E-state index contributed by atoms with van der Waals surface area (Å²) in [6, 6.07) is 6.68.